The molecular formula is C20H32BrFO3. The molecule has 0 saturated heterocycles. The number of halogens is 2. The van der Waals surface area contributed by atoms with E-state index >= 15 is 0 Å². The first-order valence-corrected chi connectivity index (χ1v) is 10.3. The lowest BCUT2D eigenvalue weighted by atomic mass is 10.2. The van der Waals surface area contributed by atoms with Crippen LogP contribution in [0.3, 0.4) is 0 Å². The second kappa shape index (κ2) is 13.5. The van der Waals surface area contributed by atoms with Crippen LogP contribution in [-0.4, -0.2) is 25.6 Å². The maximum absolute atomic E-state index is 14.1. The van der Waals surface area contributed by atoms with Crippen molar-refractivity contribution >= 4 is 15.9 Å². The van der Waals surface area contributed by atoms with Crippen molar-refractivity contribution in [2.45, 2.75) is 78.1 Å². The predicted octanol–water partition coefficient (Wildman–Crippen LogP) is 6.49. The zero-order valence-electron chi connectivity index (χ0n) is 15.7. The molecule has 0 N–H and O–H groups in total. The van der Waals surface area contributed by atoms with Crippen LogP contribution in [0.25, 0.3) is 0 Å². The topological polar surface area (TPSA) is 27.7 Å². The molecule has 0 aliphatic rings. The van der Waals surface area contributed by atoms with Crippen LogP contribution in [0, 0.1) is 5.82 Å². The molecule has 0 bridgehead atoms. The normalized spacial score (nSPS) is 13.6. The van der Waals surface area contributed by atoms with Crippen molar-refractivity contribution in [1.29, 1.82) is 0 Å². The van der Waals surface area contributed by atoms with E-state index in [9.17, 15) is 4.39 Å². The van der Waals surface area contributed by atoms with E-state index in [1.54, 1.807) is 12.1 Å². The van der Waals surface area contributed by atoms with Crippen molar-refractivity contribution in [3.63, 3.8) is 0 Å². The van der Waals surface area contributed by atoms with E-state index in [-0.39, 0.29) is 11.9 Å². The molecule has 5 heteroatoms. The van der Waals surface area contributed by atoms with E-state index in [1.165, 1.54) is 6.07 Å². The average Bonchev–Trinajstić information content (AvgIpc) is 2.60. The van der Waals surface area contributed by atoms with E-state index in [4.69, 9.17) is 14.2 Å². The fraction of sp³-hybridized carbons (Fsp3) is 0.700. The summed E-state index contributed by atoms with van der Waals surface area (Å²) < 4.78 is 32.5. The average molecular weight is 419 g/mol. The zero-order valence-corrected chi connectivity index (χ0v) is 17.3. The first-order chi connectivity index (χ1) is 12.1. The molecule has 0 spiro atoms. The van der Waals surface area contributed by atoms with Gasteiger partial charge < -0.3 is 14.2 Å². The van der Waals surface area contributed by atoms with Crippen LogP contribution >= 0.6 is 15.9 Å². The standard InChI is InChI=1S/C20H32BrFO3/c1-4-7-9-13-23-18(6-3)20(24-14-10-8-5-2)25-19-12-11-16(21)15-17(19)22/h11-12,15,18,20H,4-10,13-14H2,1-3H3. The minimum Gasteiger partial charge on any atom is -0.459 e. The minimum absolute atomic E-state index is 0.194. The highest BCUT2D eigenvalue weighted by molar-refractivity contribution is 9.10. The Labute approximate surface area is 160 Å². The van der Waals surface area contributed by atoms with Crippen LogP contribution in [0.2, 0.25) is 0 Å². The van der Waals surface area contributed by atoms with Gasteiger partial charge in [0.1, 0.15) is 6.10 Å². The summed E-state index contributed by atoms with van der Waals surface area (Å²) in [5.41, 5.74) is 0. The number of hydrogen-bond acceptors (Lipinski definition) is 3. The summed E-state index contributed by atoms with van der Waals surface area (Å²) in [5, 5.41) is 0. The second-order valence-corrected chi connectivity index (χ2v) is 7.08. The van der Waals surface area contributed by atoms with Gasteiger partial charge in [-0.3, -0.25) is 0 Å². The first kappa shape index (κ1) is 22.4. The third-order valence-corrected chi connectivity index (χ3v) is 4.45. The smallest absolute Gasteiger partial charge is 0.226 e. The molecule has 25 heavy (non-hydrogen) atoms. The van der Waals surface area contributed by atoms with Gasteiger partial charge in [0.2, 0.25) is 6.29 Å². The maximum Gasteiger partial charge on any atom is 0.226 e. The van der Waals surface area contributed by atoms with Crippen LogP contribution in [0.1, 0.15) is 65.7 Å². The van der Waals surface area contributed by atoms with Crippen LogP contribution in [0.5, 0.6) is 5.75 Å². The predicted molar refractivity (Wildman–Crippen MR) is 104 cm³/mol. The van der Waals surface area contributed by atoms with E-state index in [2.05, 4.69) is 29.8 Å². The van der Waals surface area contributed by atoms with Gasteiger partial charge in [-0.1, -0.05) is 62.4 Å². The molecule has 144 valence electrons. The third kappa shape index (κ3) is 9.02. The van der Waals surface area contributed by atoms with E-state index < -0.39 is 12.1 Å². The molecule has 3 nitrogen and oxygen atoms in total. The number of ether oxygens (including phenoxy) is 3. The number of benzene rings is 1. The Morgan fingerprint density at radius 2 is 1.60 bits per heavy atom. The lowest BCUT2D eigenvalue weighted by Gasteiger charge is -2.27. The summed E-state index contributed by atoms with van der Waals surface area (Å²) >= 11 is 3.26. The summed E-state index contributed by atoms with van der Waals surface area (Å²) in [6.07, 6.45) is 6.45. The molecular weight excluding hydrogens is 387 g/mol. The van der Waals surface area contributed by atoms with Crippen molar-refractivity contribution in [1.82, 2.24) is 0 Å². The fourth-order valence-electron chi connectivity index (χ4n) is 2.44. The van der Waals surface area contributed by atoms with Gasteiger partial charge in [-0.2, -0.15) is 0 Å². The van der Waals surface area contributed by atoms with E-state index in [1.807, 2.05) is 6.92 Å². The summed E-state index contributed by atoms with van der Waals surface area (Å²) in [6, 6.07) is 4.77. The van der Waals surface area contributed by atoms with E-state index in [0.717, 1.165) is 44.9 Å². The van der Waals surface area contributed by atoms with Gasteiger partial charge in [0, 0.05) is 11.1 Å². The molecule has 0 fully saturated rings. The molecule has 0 aromatic heterocycles. The molecule has 0 heterocycles. The molecule has 2 unspecified atom stereocenters. The molecule has 0 amide bonds. The highest BCUT2D eigenvalue weighted by Gasteiger charge is 2.24. The van der Waals surface area contributed by atoms with Gasteiger partial charge in [-0.15, -0.1) is 0 Å². The van der Waals surface area contributed by atoms with Gasteiger partial charge in [0.15, 0.2) is 11.6 Å². The van der Waals surface area contributed by atoms with Gasteiger partial charge in [-0.25, -0.2) is 4.39 Å². The number of unbranched alkanes of at least 4 members (excludes halogenated alkanes) is 4. The molecule has 1 aromatic rings. The lowest BCUT2D eigenvalue weighted by molar-refractivity contribution is -0.166. The van der Waals surface area contributed by atoms with Gasteiger partial charge in [0.25, 0.3) is 0 Å². The van der Waals surface area contributed by atoms with Gasteiger partial charge in [0.05, 0.1) is 6.61 Å². The van der Waals surface area contributed by atoms with Crippen molar-refractivity contribution in [3.8, 4) is 5.75 Å². The quantitative estimate of drug-likeness (QED) is 0.255. The van der Waals surface area contributed by atoms with Gasteiger partial charge in [-0.05, 0) is 37.5 Å². The highest BCUT2D eigenvalue weighted by Crippen LogP contribution is 2.24. The Balaban J connectivity index is 2.71. The maximum atomic E-state index is 14.1. The first-order valence-electron chi connectivity index (χ1n) is 9.47. The van der Waals surface area contributed by atoms with Crippen LogP contribution in [-0.2, 0) is 9.47 Å². The number of rotatable bonds is 14. The number of hydrogen-bond donors (Lipinski definition) is 0. The molecule has 2 atom stereocenters. The molecule has 1 rings (SSSR count). The zero-order chi connectivity index (χ0) is 18.5. The van der Waals surface area contributed by atoms with Crippen molar-refractivity contribution in [2.24, 2.45) is 0 Å². The van der Waals surface area contributed by atoms with Crippen molar-refractivity contribution in [2.75, 3.05) is 13.2 Å². The summed E-state index contributed by atoms with van der Waals surface area (Å²) in [5.74, 6) is -0.211. The summed E-state index contributed by atoms with van der Waals surface area (Å²) in [4.78, 5) is 0. The lowest BCUT2D eigenvalue weighted by Crippen LogP contribution is -2.37. The summed E-state index contributed by atoms with van der Waals surface area (Å²) in [7, 11) is 0. The van der Waals surface area contributed by atoms with Crippen LogP contribution < -0.4 is 4.74 Å². The van der Waals surface area contributed by atoms with Crippen LogP contribution in [0.4, 0.5) is 4.39 Å². The Morgan fingerprint density at radius 3 is 2.16 bits per heavy atom. The van der Waals surface area contributed by atoms with Crippen molar-refractivity contribution < 1.29 is 18.6 Å². The molecule has 0 radical (unpaired) electrons. The Kier molecular flexibility index (Phi) is 12.1. The third-order valence-electron chi connectivity index (χ3n) is 3.95. The van der Waals surface area contributed by atoms with E-state index in [0.29, 0.717) is 17.7 Å². The Morgan fingerprint density at radius 1 is 0.960 bits per heavy atom. The monoisotopic (exact) mass is 418 g/mol. The molecule has 0 aliphatic carbocycles. The minimum atomic E-state index is -0.598. The fourth-order valence-corrected chi connectivity index (χ4v) is 2.77. The Hall–Kier alpha value is -0.650. The Bertz CT molecular complexity index is 470. The highest BCUT2D eigenvalue weighted by atomic mass is 79.9. The largest absolute Gasteiger partial charge is 0.459 e. The second-order valence-electron chi connectivity index (χ2n) is 6.16. The molecule has 0 aliphatic heterocycles. The van der Waals surface area contributed by atoms with Crippen LogP contribution in [0.15, 0.2) is 22.7 Å². The molecule has 0 saturated carbocycles. The summed E-state index contributed by atoms with van der Waals surface area (Å²) in [6.45, 7) is 7.61. The molecule has 1 aromatic carbocycles. The van der Waals surface area contributed by atoms with Gasteiger partial charge >= 0.3 is 0 Å². The SMILES string of the molecule is CCCCCOC(CC)C(OCCCCC)Oc1ccc(Br)cc1F. The van der Waals surface area contributed by atoms with Crippen molar-refractivity contribution in [3.05, 3.63) is 28.5 Å².